The molecule has 1 fully saturated rings. The highest BCUT2D eigenvalue weighted by Gasteiger charge is 2.49. The molecule has 0 aliphatic heterocycles. The van der Waals surface area contributed by atoms with E-state index in [2.05, 4.69) is 44.6 Å². The Kier molecular flexibility index (Phi) is 4.02. The van der Waals surface area contributed by atoms with Gasteiger partial charge < -0.3 is 15.2 Å². The van der Waals surface area contributed by atoms with Crippen LogP contribution in [0.15, 0.2) is 41.6 Å². The van der Waals surface area contributed by atoms with Crippen molar-refractivity contribution >= 4 is 22.6 Å². The van der Waals surface area contributed by atoms with Crippen LogP contribution in [-0.2, 0) is 11.2 Å². The molecule has 3 aromatic rings. The van der Waals surface area contributed by atoms with Gasteiger partial charge in [0.15, 0.2) is 0 Å². The molecule has 2 N–H and O–H groups in total. The third kappa shape index (κ3) is 2.98. The normalized spacial score (nSPS) is 21.2. The lowest BCUT2D eigenvalue weighted by Crippen LogP contribution is -2.64. The van der Waals surface area contributed by atoms with Gasteiger partial charge in [0.2, 0.25) is 5.91 Å². The van der Waals surface area contributed by atoms with E-state index in [0.29, 0.717) is 5.69 Å². The van der Waals surface area contributed by atoms with E-state index in [4.69, 9.17) is 4.52 Å². The van der Waals surface area contributed by atoms with Gasteiger partial charge in [0.25, 0.3) is 0 Å². The van der Waals surface area contributed by atoms with E-state index in [0.717, 1.165) is 23.1 Å². The Morgan fingerprint density at radius 1 is 1.31 bits per heavy atom. The van der Waals surface area contributed by atoms with Gasteiger partial charge in [-0.1, -0.05) is 19.0 Å². The maximum atomic E-state index is 12.2. The topological polar surface area (TPSA) is 106 Å². The molecule has 1 aliphatic rings. The van der Waals surface area contributed by atoms with Gasteiger partial charge in [-0.15, -0.1) is 0 Å². The molecule has 1 amide bonds. The highest BCUT2D eigenvalue weighted by Crippen LogP contribution is 2.42. The number of nitrogens with zero attached hydrogens (tertiary/aromatic N) is 4. The smallest absolute Gasteiger partial charge is 0.226 e. The Balaban J connectivity index is 1.41. The molecule has 0 saturated heterocycles. The summed E-state index contributed by atoms with van der Waals surface area (Å²) in [5.41, 5.74) is 1.33. The van der Waals surface area contributed by atoms with E-state index >= 15 is 0 Å². The largest absolute Gasteiger partial charge is 0.366 e. The number of pyridine rings is 1. The number of aromatic nitrogens is 4. The van der Waals surface area contributed by atoms with Crippen molar-refractivity contribution in [3.8, 4) is 0 Å². The SMILES string of the molecule is CC1(C)C(NC(=O)Cc2ccon2)CC1Nc1ncnc2cnccc12. The van der Waals surface area contributed by atoms with E-state index in [1.165, 1.54) is 12.6 Å². The monoisotopic (exact) mass is 352 g/mol. The van der Waals surface area contributed by atoms with Gasteiger partial charge in [-0.2, -0.15) is 0 Å². The average molecular weight is 352 g/mol. The molecule has 2 unspecified atom stereocenters. The van der Waals surface area contributed by atoms with Gasteiger partial charge in [-0.05, 0) is 12.5 Å². The second-order valence-electron chi connectivity index (χ2n) is 7.16. The first kappa shape index (κ1) is 16.4. The van der Waals surface area contributed by atoms with Crippen molar-refractivity contribution in [3.05, 3.63) is 42.8 Å². The molecular formula is C18H20N6O2. The molecule has 134 valence electrons. The van der Waals surface area contributed by atoms with Crippen LogP contribution in [0.2, 0.25) is 0 Å². The highest BCUT2D eigenvalue weighted by atomic mass is 16.5. The van der Waals surface area contributed by atoms with Gasteiger partial charge in [-0.3, -0.25) is 9.78 Å². The van der Waals surface area contributed by atoms with Gasteiger partial charge >= 0.3 is 0 Å². The lowest BCUT2D eigenvalue weighted by molar-refractivity contribution is -0.123. The number of amides is 1. The second-order valence-corrected chi connectivity index (χ2v) is 7.16. The molecule has 8 heteroatoms. The molecule has 1 saturated carbocycles. The lowest BCUT2D eigenvalue weighted by Gasteiger charge is -2.52. The summed E-state index contributed by atoms with van der Waals surface area (Å²) < 4.78 is 4.76. The number of anilines is 1. The Morgan fingerprint density at radius 2 is 2.19 bits per heavy atom. The Bertz CT molecular complexity index is 919. The average Bonchev–Trinajstić information content (AvgIpc) is 3.14. The molecule has 0 spiro atoms. The van der Waals surface area contributed by atoms with Gasteiger partial charge in [-0.25, -0.2) is 9.97 Å². The third-order valence-corrected chi connectivity index (χ3v) is 5.19. The molecule has 0 bridgehead atoms. The zero-order valence-corrected chi connectivity index (χ0v) is 14.6. The van der Waals surface area contributed by atoms with Crippen molar-refractivity contribution in [2.45, 2.75) is 38.8 Å². The maximum Gasteiger partial charge on any atom is 0.226 e. The summed E-state index contributed by atoms with van der Waals surface area (Å²) in [4.78, 5) is 24.9. The lowest BCUT2D eigenvalue weighted by atomic mass is 9.62. The summed E-state index contributed by atoms with van der Waals surface area (Å²) >= 11 is 0. The minimum absolute atomic E-state index is 0.0472. The van der Waals surface area contributed by atoms with E-state index in [-0.39, 0.29) is 29.8 Å². The number of carbonyl (C=O) groups is 1. The molecule has 0 radical (unpaired) electrons. The predicted molar refractivity (Wildman–Crippen MR) is 95.3 cm³/mol. The molecule has 0 aromatic carbocycles. The molecule has 1 aliphatic carbocycles. The number of hydrogen-bond acceptors (Lipinski definition) is 7. The van der Waals surface area contributed by atoms with Crippen LogP contribution in [0.4, 0.5) is 5.82 Å². The molecule has 26 heavy (non-hydrogen) atoms. The predicted octanol–water partition coefficient (Wildman–Crippen LogP) is 1.95. The third-order valence-electron chi connectivity index (χ3n) is 5.19. The van der Waals surface area contributed by atoms with Crippen molar-refractivity contribution in [2.24, 2.45) is 5.41 Å². The fourth-order valence-electron chi connectivity index (χ4n) is 3.34. The number of rotatable bonds is 5. The fourth-order valence-corrected chi connectivity index (χ4v) is 3.34. The summed E-state index contributed by atoms with van der Waals surface area (Å²) in [6.45, 7) is 4.28. The summed E-state index contributed by atoms with van der Waals surface area (Å²) in [5, 5.41) is 11.3. The van der Waals surface area contributed by atoms with E-state index in [9.17, 15) is 4.79 Å². The Hall–Kier alpha value is -3.03. The molecular weight excluding hydrogens is 332 g/mol. The second kappa shape index (κ2) is 6.36. The molecule has 2 atom stereocenters. The minimum atomic E-state index is -0.107. The van der Waals surface area contributed by atoms with Crippen molar-refractivity contribution in [1.29, 1.82) is 0 Å². The standard InChI is InChI=1S/C18H20N6O2/c1-18(2)14(22-16(25)7-11-4-6-26-24-11)8-15(18)23-17-12-3-5-19-9-13(12)20-10-21-17/h3-6,9-10,14-15H,7-8H2,1-2H3,(H,22,25)(H,20,21,23). The minimum Gasteiger partial charge on any atom is -0.366 e. The van der Waals surface area contributed by atoms with Crippen molar-refractivity contribution in [3.63, 3.8) is 0 Å². The van der Waals surface area contributed by atoms with Gasteiger partial charge in [0.1, 0.15) is 18.4 Å². The first-order valence-electron chi connectivity index (χ1n) is 8.54. The van der Waals surface area contributed by atoms with E-state index < -0.39 is 0 Å². The molecule has 3 aromatic heterocycles. The van der Waals surface area contributed by atoms with Crippen LogP contribution >= 0.6 is 0 Å². The van der Waals surface area contributed by atoms with Gasteiger partial charge in [0, 0.05) is 35.1 Å². The van der Waals surface area contributed by atoms with Crippen molar-refractivity contribution in [1.82, 2.24) is 25.4 Å². The van der Waals surface area contributed by atoms with Crippen LogP contribution in [-0.4, -0.2) is 38.1 Å². The number of carbonyl (C=O) groups excluding carboxylic acids is 1. The van der Waals surface area contributed by atoms with Crippen LogP contribution in [0.1, 0.15) is 26.0 Å². The first-order valence-corrected chi connectivity index (χ1v) is 8.54. The number of fused-ring (bicyclic) bond motifs is 1. The summed E-state index contributed by atoms with van der Waals surface area (Å²) in [5.74, 6) is 0.747. The van der Waals surface area contributed by atoms with Crippen LogP contribution in [0.25, 0.3) is 10.9 Å². The Morgan fingerprint density at radius 3 is 2.96 bits per heavy atom. The summed E-state index contributed by atoms with van der Waals surface area (Å²) in [7, 11) is 0. The fraction of sp³-hybridized carbons (Fsp3) is 0.389. The number of hydrogen-bond donors (Lipinski definition) is 2. The number of nitrogens with one attached hydrogen (secondary N) is 2. The van der Waals surface area contributed by atoms with Crippen LogP contribution in [0.5, 0.6) is 0 Å². The van der Waals surface area contributed by atoms with Crippen LogP contribution in [0.3, 0.4) is 0 Å². The zero-order valence-electron chi connectivity index (χ0n) is 14.6. The van der Waals surface area contributed by atoms with Crippen molar-refractivity contribution in [2.75, 3.05) is 5.32 Å². The first-order chi connectivity index (χ1) is 12.5. The summed E-state index contributed by atoms with van der Waals surface area (Å²) in [6.07, 6.45) is 7.52. The van der Waals surface area contributed by atoms with Crippen molar-refractivity contribution < 1.29 is 9.32 Å². The van der Waals surface area contributed by atoms with E-state index in [1.54, 1.807) is 18.5 Å². The summed E-state index contributed by atoms with van der Waals surface area (Å²) in [6, 6.07) is 3.89. The van der Waals surface area contributed by atoms with Gasteiger partial charge in [0.05, 0.1) is 23.8 Å². The Labute approximate surface area is 150 Å². The molecule has 3 heterocycles. The zero-order chi connectivity index (χ0) is 18.1. The van der Waals surface area contributed by atoms with Crippen LogP contribution in [0, 0.1) is 5.41 Å². The van der Waals surface area contributed by atoms with E-state index in [1.807, 2.05) is 6.07 Å². The highest BCUT2D eigenvalue weighted by molar-refractivity contribution is 5.88. The van der Waals surface area contributed by atoms with Crippen LogP contribution < -0.4 is 10.6 Å². The molecule has 8 nitrogen and oxygen atoms in total. The maximum absolute atomic E-state index is 12.2. The quantitative estimate of drug-likeness (QED) is 0.723. The molecule has 4 rings (SSSR count).